The van der Waals surface area contributed by atoms with Crippen LogP contribution in [-0.4, -0.2) is 101 Å². The standard InChI is InChI=1S/C40H62N9O3/c1-7-47(8-2,32-35-14-20-41-21-15-35)29-13-26-44-38(50)45(27-30-48(9-3,10-4)33-36-16-22-42-23-17-36)40(52)46(39(44)51)28-31-49(11-5,12-6)34-37-18-24-43-25-19-37/h14-25H,7-13,26-34H2,1-6H3/q+3. The minimum atomic E-state index is -0.514. The van der Waals surface area contributed by atoms with Gasteiger partial charge in [0.2, 0.25) is 0 Å². The number of rotatable bonds is 22. The summed E-state index contributed by atoms with van der Waals surface area (Å²) in [6, 6.07) is 12.2. The molecular formula is C40H62N9O3+3. The second kappa shape index (κ2) is 19.0. The van der Waals surface area contributed by atoms with Gasteiger partial charge in [-0.1, -0.05) is 0 Å². The van der Waals surface area contributed by atoms with Crippen LogP contribution in [0.4, 0.5) is 0 Å². The molecule has 0 fully saturated rings. The molecule has 0 aliphatic heterocycles. The summed E-state index contributed by atoms with van der Waals surface area (Å²) in [5, 5.41) is 0. The van der Waals surface area contributed by atoms with Gasteiger partial charge in [-0.25, -0.2) is 28.1 Å². The summed E-state index contributed by atoms with van der Waals surface area (Å²) >= 11 is 0. The van der Waals surface area contributed by atoms with Gasteiger partial charge in [0.25, 0.3) is 0 Å². The lowest BCUT2D eigenvalue weighted by atomic mass is 10.2. The molecule has 52 heavy (non-hydrogen) atoms. The monoisotopic (exact) mass is 716 g/mol. The van der Waals surface area contributed by atoms with Gasteiger partial charge in [-0.05, 0) is 77.9 Å². The molecule has 0 spiro atoms. The maximum absolute atomic E-state index is 14.3. The number of quaternary nitrogens is 3. The van der Waals surface area contributed by atoms with Crippen molar-refractivity contribution >= 4 is 0 Å². The Morgan fingerprint density at radius 1 is 0.423 bits per heavy atom. The summed E-state index contributed by atoms with van der Waals surface area (Å²) in [6.07, 6.45) is 11.5. The molecule has 0 unspecified atom stereocenters. The average molecular weight is 717 g/mol. The Balaban J connectivity index is 1.69. The molecule has 0 saturated heterocycles. The third-order valence-corrected chi connectivity index (χ3v) is 11.8. The maximum atomic E-state index is 14.3. The van der Waals surface area contributed by atoms with Gasteiger partial charge in [0, 0.05) is 66.8 Å². The van der Waals surface area contributed by atoms with E-state index in [0.717, 1.165) is 81.1 Å². The van der Waals surface area contributed by atoms with Crippen LogP contribution in [0, 0.1) is 0 Å². The van der Waals surface area contributed by atoms with Crippen LogP contribution in [0.25, 0.3) is 0 Å². The maximum Gasteiger partial charge on any atom is 0.336 e. The van der Waals surface area contributed by atoms with Gasteiger partial charge < -0.3 is 13.4 Å². The van der Waals surface area contributed by atoms with Crippen LogP contribution in [0.5, 0.6) is 0 Å². The highest BCUT2D eigenvalue weighted by Gasteiger charge is 2.29. The largest absolute Gasteiger partial charge is 0.336 e. The summed E-state index contributed by atoms with van der Waals surface area (Å²) < 4.78 is 6.24. The molecule has 12 nitrogen and oxygen atoms in total. The first-order chi connectivity index (χ1) is 25.1. The number of nitrogens with zero attached hydrogens (tertiary/aromatic N) is 9. The third kappa shape index (κ3) is 9.99. The van der Waals surface area contributed by atoms with Gasteiger partial charge >= 0.3 is 17.1 Å². The molecule has 0 amide bonds. The van der Waals surface area contributed by atoms with Crippen LogP contribution in [0.1, 0.15) is 64.7 Å². The highest BCUT2D eigenvalue weighted by molar-refractivity contribution is 5.09. The second-order valence-corrected chi connectivity index (χ2v) is 14.3. The van der Waals surface area contributed by atoms with E-state index in [2.05, 4.69) is 68.6 Å². The molecule has 4 rings (SSSR count). The van der Waals surface area contributed by atoms with Crippen LogP contribution in [-0.2, 0) is 39.3 Å². The highest BCUT2D eigenvalue weighted by atomic mass is 16.2. The van der Waals surface area contributed by atoms with Gasteiger partial charge in [-0.3, -0.25) is 15.0 Å². The van der Waals surface area contributed by atoms with Crippen molar-refractivity contribution in [2.75, 3.05) is 58.9 Å². The van der Waals surface area contributed by atoms with E-state index >= 15 is 0 Å². The summed E-state index contributed by atoms with van der Waals surface area (Å²) in [5.74, 6) is 0. The first kappa shape index (κ1) is 40.5. The smallest absolute Gasteiger partial charge is 0.320 e. The van der Waals surface area contributed by atoms with Crippen LogP contribution in [0.2, 0.25) is 0 Å². The van der Waals surface area contributed by atoms with Crippen molar-refractivity contribution in [2.24, 2.45) is 0 Å². The van der Waals surface area contributed by atoms with Crippen molar-refractivity contribution in [2.45, 2.75) is 87.2 Å². The minimum absolute atomic E-state index is 0.231. The van der Waals surface area contributed by atoms with E-state index in [1.165, 1.54) is 19.3 Å². The molecule has 0 aromatic carbocycles. The Labute approximate surface area is 309 Å². The number of pyridine rings is 3. The first-order valence-electron chi connectivity index (χ1n) is 19.3. The summed E-state index contributed by atoms with van der Waals surface area (Å²) in [7, 11) is 0. The number of likely N-dealkylation sites (N-methyl/N-ethyl adjacent to an activating group) is 2. The molecule has 0 saturated carbocycles. The highest BCUT2D eigenvalue weighted by Crippen LogP contribution is 2.17. The molecule has 0 N–H and O–H groups in total. The van der Waals surface area contributed by atoms with Crippen molar-refractivity contribution in [3.63, 3.8) is 0 Å². The zero-order chi connectivity index (χ0) is 37.6. The molecular weight excluding hydrogens is 654 g/mol. The van der Waals surface area contributed by atoms with Crippen LogP contribution >= 0.6 is 0 Å². The second-order valence-electron chi connectivity index (χ2n) is 14.3. The van der Waals surface area contributed by atoms with Crippen LogP contribution < -0.4 is 17.1 Å². The van der Waals surface area contributed by atoms with Gasteiger partial charge in [0.1, 0.15) is 19.6 Å². The fourth-order valence-electron chi connectivity index (χ4n) is 7.60. The summed E-state index contributed by atoms with van der Waals surface area (Å²) in [5.41, 5.74) is 2.01. The minimum Gasteiger partial charge on any atom is -0.320 e. The fourth-order valence-corrected chi connectivity index (χ4v) is 7.60. The van der Waals surface area contributed by atoms with Crippen molar-refractivity contribution in [1.29, 1.82) is 0 Å². The first-order valence-corrected chi connectivity index (χ1v) is 19.3. The predicted molar refractivity (Wildman–Crippen MR) is 206 cm³/mol. The van der Waals surface area contributed by atoms with Crippen LogP contribution in [0.3, 0.4) is 0 Å². The Morgan fingerprint density at radius 2 is 0.692 bits per heavy atom. The Hall–Kier alpha value is -4.26. The molecule has 0 radical (unpaired) electrons. The molecule has 0 atom stereocenters. The molecule has 12 heteroatoms. The average Bonchev–Trinajstić information content (AvgIpc) is 3.18. The Morgan fingerprint density at radius 3 is 0.981 bits per heavy atom. The van der Waals surface area contributed by atoms with Crippen LogP contribution in [0.15, 0.2) is 88.0 Å². The van der Waals surface area contributed by atoms with Crippen molar-refractivity contribution < 1.29 is 13.4 Å². The topological polar surface area (TPSA) is 105 Å². The Kier molecular flexibility index (Phi) is 14.8. The molecule has 0 aliphatic carbocycles. The zero-order valence-electron chi connectivity index (χ0n) is 32.5. The van der Waals surface area contributed by atoms with Gasteiger partial charge in [0.05, 0.1) is 72.0 Å². The normalized spacial score (nSPS) is 12.3. The summed E-state index contributed by atoms with van der Waals surface area (Å²) in [4.78, 5) is 55.3. The molecule has 4 aromatic rings. The van der Waals surface area contributed by atoms with Gasteiger partial charge in [-0.2, -0.15) is 0 Å². The number of hydrogen-bond acceptors (Lipinski definition) is 6. The lowest BCUT2D eigenvalue weighted by Gasteiger charge is -2.38. The van der Waals surface area contributed by atoms with E-state index in [1.54, 1.807) is 24.8 Å². The molecule has 282 valence electrons. The Bertz CT molecular complexity index is 1730. The molecule has 4 aromatic heterocycles. The van der Waals surface area contributed by atoms with Crippen molar-refractivity contribution in [3.05, 3.63) is 122 Å². The zero-order valence-corrected chi connectivity index (χ0v) is 32.5. The van der Waals surface area contributed by atoms with E-state index in [4.69, 9.17) is 0 Å². The lowest BCUT2D eigenvalue weighted by molar-refractivity contribution is -0.938. The van der Waals surface area contributed by atoms with E-state index in [-0.39, 0.29) is 19.6 Å². The SMILES string of the molecule is CC[N+](CC)(CCCn1c(=O)n(CC[N+](CC)(CC)Cc2ccncc2)c(=O)n(CC[N+](CC)(CC)Cc2ccncc2)c1=O)Cc1ccncc1. The number of aromatic nitrogens is 6. The van der Waals surface area contributed by atoms with E-state index in [1.807, 2.05) is 36.7 Å². The quantitative estimate of drug-likeness (QED) is 0.114. The van der Waals surface area contributed by atoms with Gasteiger partial charge in [0.15, 0.2) is 0 Å². The van der Waals surface area contributed by atoms with Gasteiger partial charge in [-0.15, -0.1) is 0 Å². The molecule has 4 heterocycles. The molecule has 0 aliphatic rings. The summed E-state index contributed by atoms with van der Waals surface area (Å²) in [6.45, 7) is 23.3. The lowest BCUT2D eigenvalue weighted by Crippen LogP contribution is -2.59. The van der Waals surface area contributed by atoms with E-state index < -0.39 is 17.1 Å². The van der Waals surface area contributed by atoms with E-state index in [9.17, 15) is 14.4 Å². The predicted octanol–water partition coefficient (Wildman–Crippen LogP) is 3.92. The van der Waals surface area contributed by atoms with Crippen molar-refractivity contribution in [3.8, 4) is 0 Å². The fraction of sp³-hybridized carbons (Fsp3) is 0.550. The molecule has 0 bridgehead atoms. The van der Waals surface area contributed by atoms with Crippen molar-refractivity contribution in [1.82, 2.24) is 28.7 Å². The third-order valence-electron chi connectivity index (χ3n) is 11.8. The number of hydrogen-bond donors (Lipinski definition) is 0. The van der Waals surface area contributed by atoms with E-state index in [0.29, 0.717) is 28.5 Å².